The normalized spacial score (nSPS) is 14.9. The van der Waals surface area contributed by atoms with Crippen LogP contribution in [0.25, 0.3) is 17.6 Å². The molecule has 0 saturated carbocycles. The van der Waals surface area contributed by atoms with Crippen molar-refractivity contribution in [3.63, 3.8) is 0 Å². The average molecular weight is 483 g/mol. The summed E-state index contributed by atoms with van der Waals surface area (Å²) in [7, 11) is 0. The fourth-order valence-corrected chi connectivity index (χ4v) is 4.66. The number of nitrogens with zero attached hydrogens (tertiary/aromatic N) is 11. The van der Waals surface area contributed by atoms with Crippen LogP contribution >= 0.6 is 0 Å². The number of unbranched alkanes of at least 4 members (excludes halogenated alkanes) is 2. The average Bonchev–Trinajstić information content (AvgIpc) is 3.59. The van der Waals surface area contributed by atoms with Gasteiger partial charge in [-0.05, 0) is 17.6 Å². The molecule has 0 radical (unpaired) electrons. The molecule has 6 rings (SSSR count). The van der Waals surface area contributed by atoms with Crippen molar-refractivity contribution in [2.75, 3.05) is 18.0 Å². The van der Waals surface area contributed by atoms with E-state index in [0.29, 0.717) is 47.4 Å². The summed E-state index contributed by atoms with van der Waals surface area (Å²) < 4.78 is 5.50. The van der Waals surface area contributed by atoms with Gasteiger partial charge in [0, 0.05) is 49.1 Å². The first kappa shape index (κ1) is 22.0. The van der Waals surface area contributed by atoms with E-state index >= 15 is 0 Å². The molecular weight excluding hydrogens is 458 g/mol. The van der Waals surface area contributed by atoms with Gasteiger partial charge in [0.05, 0.1) is 24.5 Å². The highest BCUT2D eigenvalue weighted by Crippen LogP contribution is 2.27. The SMILES string of the molecule is CCCCC[n+]1c2c(c(=O)n3c(C)nnc31)=NC(c1cnn(C3CN(c4nccc(C#N)n4)C3)c1)=C2. The smallest absolute Gasteiger partial charge is 0.336 e. The summed E-state index contributed by atoms with van der Waals surface area (Å²) in [6.07, 6.45) is 10.4. The predicted octanol–water partition coefficient (Wildman–Crippen LogP) is 0.645. The molecule has 0 spiro atoms. The van der Waals surface area contributed by atoms with E-state index in [-0.39, 0.29) is 11.6 Å². The molecular formula is C24H24N11O+. The predicted molar refractivity (Wildman–Crippen MR) is 129 cm³/mol. The molecule has 12 nitrogen and oxygen atoms in total. The van der Waals surface area contributed by atoms with Crippen LogP contribution in [0.15, 0.2) is 34.4 Å². The van der Waals surface area contributed by atoms with Gasteiger partial charge in [0.1, 0.15) is 17.5 Å². The molecule has 12 heteroatoms. The molecule has 0 bridgehead atoms. The lowest BCUT2D eigenvalue weighted by molar-refractivity contribution is -0.679. The third-order valence-corrected chi connectivity index (χ3v) is 6.65. The third kappa shape index (κ3) is 3.51. The Morgan fingerprint density at radius 3 is 2.92 bits per heavy atom. The quantitative estimate of drug-likeness (QED) is 0.277. The van der Waals surface area contributed by atoms with Crippen molar-refractivity contribution in [1.82, 2.24) is 34.3 Å². The minimum absolute atomic E-state index is 0.156. The summed E-state index contributed by atoms with van der Waals surface area (Å²) in [5.41, 5.74) is 2.46. The van der Waals surface area contributed by atoms with Crippen molar-refractivity contribution >= 4 is 23.5 Å². The van der Waals surface area contributed by atoms with Gasteiger partial charge in [-0.3, -0.25) is 4.68 Å². The Labute approximate surface area is 205 Å². The Hall–Kier alpha value is -4.53. The Morgan fingerprint density at radius 2 is 2.11 bits per heavy atom. The summed E-state index contributed by atoms with van der Waals surface area (Å²) in [4.78, 5) is 28.5. The highest BCUT2D eigenvalue weighted by Gasteiger charge is 2.32. The van der Waals surface area contributed by atoms with E-state index in [2.05, 4.69) is 32.2 Å². The van der Waals surface area contributed by atoms with Gasteiger partial charge < -0.3 is 4.90 Å². The van der Waals surface area contributed by atoms with Gasteiger partial charge in [-0.25, -0.2) is 24.3 Å². The molecule has 2 aliphatic rings. The lowest BCUT2D eigenvalue weighted by atomic mass is 10.1. The van der Waals surface area contributed by atoms with Crippen LogP contribution in [-0.4, -0.2) is 47.4 Å². The number of hydrogen-bond donors (Lipinski definition) is 0. The van der Waals surface area contributed by atoms with Gasteiger partial charge in [0.15, 0.2) is 5.36 Å². The molecule has 0 atom stereocenters. The van der Waals surface area contributed by atoms with Crippen LogP contribution in [0.3, 0.4) is 0 Å². The van der Waals surface area contributed by atoms with Crippen molar-refractivity contribution < 1.29 is 4.57 Å². The summed E-state index contributed by atoms with van der Waals surface area (Å²) in [5, 5.41) is 22.4. The molecule has 1 fully saturated rings. The van der Waals surface area contributed by atoms with Gasteiger partial charge >= 0.3 is 11.3 Å². The molecule has 36 heavy (non-hydrogen) atoms. The number of aryl methyl sites for hydroxylation is 2. The zero-order valence-electron chi connectivity index (χ0n) is 20.0. The topological polar surface area (TPSA) is 134 Å². The molecule has 0 aromatic carbocycles. The van der Waals surface area contributed by atoms with Gasteiger partial charge in [-0.2, -0.15) is 10.4 Å². The fourth-order valence-electron chi connectivity index (χ4n) is 4.66. The van der Waals surface area contributed by atoms with E-state index in [1.54, 1.807) is 29.8 Å². The summed E-state index contributed by atoms with van der Waals surface area (Å²) >= 11 is 0. The molecule has 2 aliphatic heterocycles. The fraction of sp³-hybridized carbons (Fsp3) is 0.375. The molecule has 4 aromatic heterocycles. The second-order valence-corrected chi connectivity index (χ2v) is 9.04. The largest absolute Gasteiger partial charge is 0.431 e. The van der Waals surface area contributed by atoms with E-state index in [1.807, 2.05) is 32.5 Å². The van der Waals surface area contributed by atoms with Gasteiger partial charge in [0.25, 0.3) is 0 Å². The number of anilines is 1. The Kier molecular flexibility index (Phi) is 5.25. The maximum absolute atomic E-state index is 13.2. The molecule has 0 unspecified atom stereocenters. The van der Waals surface area contributed by atoms with E-state index in [9.17, 15) is 4.79 Å². The lowest BCUT2D eigenvalue weighted by Gasteiger charge is -2.39. The van der Waals surface area contributed by atoms with Gasteiger partial charge in [-0.15, -0.1) is 4.40 Å². The second-order valence-electron chi connectivity index (χ2n) is 9.04. The second kappa shape index (κ2) is 8.60. The molecule has 4 aromatic rings. The molecule has 6 heterocycles. The standard InChI is InChI=1S/C24H24N11O/c1-3-4-5-8-33-20-9-19(29-21(20)22(36)35-15(2)30-31-24(33)35)16-11-27-34(12-16)18-13-32(14-18)23-26-7-6-17(10-25)28-23/h6-7,9,11-12,18H,3-5,8,13-14H2,1-2H3/q+1. The number of fused-ring (bicyclic) bond motifs is 2. The molecule has 180 valence electrons. The van der Waals surface area contributed by atoms with Crippen molar-refractivity contribution in [3.05, 3.63) is 63.1 Å². The van der Waals surface area contributed by atoms with E-state index in [4.69, 9.17) is 10.3 Å². The first-order chi connectivity index (χ1) is 17.6. The van der Waals surface area contributed by atoms with Crippen molar-refractivity contribution in [2.24, 2.45) is 4.99 Å². The first-order valence-corrected chi connectivity index (χ1v) is 12.0. The van der Waals surface area contributed by atoms with Crippen molar-refractivity contribution in [2.45, 2.75) is 45.7 Å². The highest BCUT2D eigenvalue weighted by atomic mass is 16.1. The zero-order valence-corrected chi connectivity index (χ0v) is 20.0. The van der Waals surface area contributed by atoms with Crippen LogP contribution in [0.4, 0.5) is 5.95 Å². The van der Waals surface area contributed by atoms with E-state index < -0.39 is 0 Å². The maximum atomic E-state index is 13.2. The van der Waals surface area contributed by atoms with Crippen LogP contribution < -0.4 is 20.4 Å². The van der Waals surface area contributed by atoms with Crippen LogP contribution in [-0.2, 0) is 6.54 Å². The number of rotatable bonds is 7. The van der Waals surface area contributed by atoms with Gasteiger partial charge in [-0.1, -0.05) is 19.8 Å². The lowest BCUT2D eigenvalue weighted by Crippen LogP contribution is -2.50. The number of nitriles is 1. The molecule has 0 amide bonds. The molecule has 0 N–H and O–H groups in total. The zero-order chi connectivity index (χ0) is 24.8. The first-order valence-electron chi connectivity index (χ1n) is 12.0. The van der Waals surface area contributed by atoms with Crippen LogP contribution in [0.5, 0.6) is 0 Å². The van der Waals surface area contributed by atoms with Crippen LogP contribution in [0.1, 0.15) is 55.0 Å². The number of aromatic nitrogens is 8. The van der Waals surface area contributed by atoms with Gasteiger partial charge in [0.2, 0.25) is 11.8 Å². The summed E-state index contributed by atoms with van der Waals surface area (Å²) in [6, 6.07) is 3.79. The monoisotopic (exact) mass is 482 g/mol. The third-order valence-electron chi connectivity index (χ3n) is 6.65. The van der Waals surface area contributed by atoms with Crippen molar-refractivity contribution in [3.8, 4) is 6.07 Å². The molecule has 0 aliphatic carbocycles. The van der Waals surface area contributed by atoms with E-state index in [1.165, 1.54) is 0 Å². The summed E-state index contributed by atoms with van der Waals surface area (Å²) in [6.45, 7) is 6.07. The van der Waals surface area contributed by atoms with E-state index in [0.717, 1.165) is 37.1 Å². The summed E-state index contributed by atoms with van der Waals surface area (Å²) in [5.74, 6) is 1.65. The Bertz CT molecular complexity index is 1670. The van der Waals surface area contributed by atoms with Crippen LogP contribution in [0, 0.1) is 18.3 Å². The van der Waals surface area contributed by atoms with Crippen molar-refractivity contribution in [1.29, 1.82) is 5.26 Å². The van der Waals surface area contributed by atoms with Crippen LogP contribution in [0.2, 0.25) is 0 Å². The minimum Gasteiger partial charge on any atom is -0.336 e. The Balaban J connectivity index is 1.28. The maximum Gasteiger partial charge on any atom is 0.431 e. The highest BCUT2D eigenvalue weighted by molar-refractivity contribution is 5.81. The molecule has 1 saturated heterocycles. The number of hydrogen-bond acceptors (Lipinski definition) is 9. The minimum atomic E-state index is -0.206. The Morgan fingerprint density at radius 1 is 1.25 bits per heavy atom.